The van der Waals surface area contributed by atoms with Crippen LogP contribution in [-0.4, -0.2) is 46.8 Å². The maximum atomic E-state index is 13.1. The van der Waals surface area contributed by atoms with Crippen LogP contribution in [0.15, 0.2) is 30.5 Å². The molecule has 1 amide bonds. The predicted molar refractivity (Wildman–Crippen MR) is 103 cm³/mol. The first kappa shape index (κ1) is 19.4. The summed E-state index contributed by atoms with van der Waals surface area (Å²) in [4.78, 5) is 26.6. The van der Waals surface area contributed by atoms with Gasteiger partial charge in [-0.15, -0.1) is 0 Å². The van der Waals surface area contributed by atoms with Crippen LogP contribution in [0.2, 0.25) is 5.02 Å². The van der Waals surface area contributed by atoms with E-state index in [1.54, 1.807) is 21.8 Å². The molecule has 3 rings (SSSR count). The van der Waals surface area contributed by atoms with E-state index in [9.17, 15) is 9.59 Å². The van der Waals surface area contributed by atoms with Crippen molar-refractivity contribution in [2.24, 2.45) is 5.92 Å². The number of hydrogen-bond acceptors (Lipinski definition) is 4. The van der Waals surface area contributed by atoms with Gasteiger partial charge in [0.15, 0.2) is 0 Å². The highest BCUT2D eigenvalue weighted by atomic mass is 35.5. The first-order chi connectivity index (χ1) is 12.9. The van der Waals surface area contributed by atoms with Gasteiger partial charge < -0.3 is 9.64 Å². The largest absolute Gasteiger partial charge is 0.469 e. The minimum absolute atomic E-state index is 0.0460. The lowest BCUT2D eigenvalue weighted by molar-refractivity contribution is -0.146. The smallest absolute Gasteiger partial charge is 0.308 e. The monoisotopic (exact) mass is 389 g/mol. The maximum Gasteiger partial charge on any atom is 0.308 e. The number of likely N-dealkylation sites (tertiary alicyclic amines) is 1. The van der Waals surface area contributed by atoms with Gasteiger partial charge in [-0.25, -0.2) is 4.68 Å². The Hall–Kier alpha value is -2.34. The zero-order valence-electron chi connectivity index (χ0n) is 15.8. The number of ether oxygens (including phenoxy) is 1. The summed E-state index contributed by atoms with van der Waals surface area (Å²) in [6.07, 6.45) is 2.88. The van der Waals surface area contributed by atoms with Crippen LogP contribution < -0.4 is 0 Å². The van der Waals surface area contributed by atoms with Crippen LogP contribution in [0.3, 0.4) is 0 Å². The van der Waals surface area contributed by atoms with Gasteiger partial charge in [-0.1, -0.05) is 31.5 Å². The summed E-state index contributed by atoms with van der Waals surface area (Å²) in [6, 6.07) is 7.42. The normalized spacial score (nSPS) is 15.2. The number of aromatic nitrogens is 2. The second-order valence-corrected chi connectivity index (χ2v) is 7.52. The van der Waals surface area contributed by atoms with Crippen molar-refractivity contribution in [2.75, 3.05) is 20.2 Å². The number of methoxy groups -OCH3 is 1. The molecule has 1 aromatic carbocycles. The minimum Gasteiger partial charge on any atom is -0.469 e. The van der Waals surface area contributed by atoms with Gasteiger partial charge in [0.25, 0.3) is 5.91 Å². The van der Waals surface area contributed by atoms with Crippen LogP contribution >= 0.6 is 11.6 Å². The molecule has 0 saturated carbocycles. The Morgan fingerprint density at radius 3 is 2.56 bits per heavy atom. The van der Waals surface area contributed by atoms with E-state index >= 15 is 0 Å². The molecule has 1 aliphatic heterocycles. The van der Waals surface area contributed by atoms with Gasteiger partial charge in [0.05, 0.1) is 36.2 Å². The van der Waals surface area contributed by atoms with Crippen molar-refractivity contribution in [3.05, 3.63) is 46.7 Å². The highest BCUT2D eigenvalue weighted by Gasteiger charge is 2.31. The molecule has 0 aliphatic carbocycles. The summed E-state index contributed by atoms with van der Waals surface area (Å²) in [7, 11) is 1.40. The third-order valence-electron chi connectivity index (χ3n) is 4.95. The Morgan fingerprint density at radius 2 is 1.96 bits per heavy atom. The Balaban J connectivity index is 1.85. The number of benzene rings is 1. The van der Waals surface area contributed by atoms with Gasteiger partial charge in [0.2, 0.25) is 0 Å². The molecule has 1 fully saturated rings. The van der Waals surface area contributed by atoms with Crippen LogP contribution in [-0.2, 0) is 9.53 Å². The van der Waals surface area contributed by atoms with Gasteiger partial charge in [-0.3, -0.25) is 9.59 Å². The Bertz CT molecular complexity index is 839. The van der Waals surface area contributed by atoms with Crippen LogP contribution in [0.1, 0.15) is 48.7 Å². The lowest BCUT2D eigenvalue weighted by Gasteiger charge is -2.30. The van der Waals surface area contributed by atoms with Crippen LogP contribution in [0, 0.1) is 5.92 Å². The Kier molecular flexibility index (Phi) is 5.85. The van der Waals surface area contributed by atoms with Crippen molar-refractivity contribution in [3.63, 3.8) is 0 Å². The van der Waals surface area contributed by atoms with Crippen molar-refractivity contribution in [1.82, 2.24) is 14.7 Å². The van der Waals surface area contributed by atoms with Gasteiger partial charge in [-0.05, 0) is 37.0 Å². The minimum atomic E-state index is -0.196. The molecule has 0 N–H and O–H groups in total. The van der Waals surface area contributed by atoms with E-state index in [-0.39, 0.29) is 23.7 Å². The summed E-state index contributed by atoms with van der Waals surface area (Å²) in [5.41, 5.74) is 2.29. The average molecular weight is 390 g/mol. The fourth-order valence-electron chi connectivity index (χ4n) is 3.55. The first-order valence-electron chi connectivity index (χ1n) is 9.13. The molecule has 0 unspecified atom stereocenters. The number of rotatable bonds is 4. The van der Waals surface area contributed by atoms with Crippen LogP contribution in [0.5, 0.6) is 0 Å². The number of nitrogens with zero attached hydrogens (tertiary/aromatic N) is 3. The summed E-state index contributed by atoms with van der Waals surface area (Å²) in [6.45, 7) is 5.16. The number of carbonyl (C=O) groups is 2. The third kappa shape index (κ3) is 4.00. The fourth-order valence-corrected chi connectivity index (χ4v) is 3.73. The van der Waals surface area contributed by atoms with Crippen molar-refractivity contribution in [2.45, 2.75) is 32.6 Å². The van der Waals surface area contributed by atoms with E-state index in [0.717, 1.165) is 11.4 Å². The average Bonchev–Trinajstić information content (AvgIpc) is 3.12. The lowest BCUT2D eigenvalue weighted by atomic mass is 9.96. The lowest BCUT2D eigenvalue weighted by Crippen LogP contribution is -2.40. The van der Waals surface area contributed by atoms with Crippen molar-refractivity contribution in [3.8, 4) is 5.69 Å². The van der Waals surface area contributed by atoms with E-state index in [1.807, 2.05) is 32.0 Å². The van der Waals surface area contributed by atoms with E-state index in [1.165, 1.54) is 7.11 Å². The number of hydrogen-bond donors (Lipinski definition) is 0. The number of piperidine rings is 1. The summed E-state index contributed by atoms with van der Waals surface area (Å²) in [5.74, 6) is -0.259. The highest BCUT2D eigenvalue weighted by Crippen LogP contribution is 2.27. The molecule has 0 bridgehead atoms. The molecule has 7 heteroatoms. The molecule has 1 aliphatic rings. The van der Waals surface area contributed by atoms with Gasteiger partial charge >= 0.3 is 5.97 Å². The number of halogens is 1. The second kappa shape index (κ2) is 8.13. The number of carbonyl (C=O) groups excluding carboxylic acids is 2. The summed E-state index contributed by atoms with van der Waals surface area (Å²) in [5, 5.41) is 5.08. The zero-order valence-corrected chi connectivity index (χ0v) is 16.6. The zero-order chi connectivity index (χ0) is 19.6. The van der Waals surface area contributed by atoms with E-state index in [2.05, 4.69) is 5.10 Å². The molecule has 144 valence electrons. The maximum absolute atomic E-state index is 13.1. The fraction of sp³-hybridized carbons (Fsp3) is 0.450. The molecular formula is C20H24ClN3O3. The van der Waals surface area contributed by atoms with Gasteiger partial charge in [0, 0.05) is 18.1 Å². The Labute approximate surface area is 164 Å². The topological polar surface area (TPSA) is 64.4 Å². The van der Waals surface area contributed by atoms with Crippen molar-refractivity contribution < 1.29 is 14.3 Å². The quantitative estimate of drug-likeness (QED) is 0.748. The van der Waals surface area contributed by atoms with Crippen LogP contribution in [0.4, 0.5) is 0 Å². The van der Waals surface area contributed by atoms with E-state index < -0.39 is 0 Å². The molecular weight excluding hydrogens is 366 g/mol. The standard InChI is InChI=1S/C20H24ClN3O3/c1-13(2)18-17(12-22-24(18)16-6-4-5-15(21)11-16)19(25)23-9-7-14(8-10-23)20(26)27-3/h4-6,11-14H,7-10H2,1-3H3. The Morgan fingerprint density at radius 1 is 1.26 bits per heavy atom. The molecule has 0 spiro atoms. The molecule has 0 radical (unpaired) electrons. The summed E-state index contributed by atoms with van der Waals surface area (Å²) >= 11 is 6.11. The van der Waals surface area contributed by atoms with Crippen molar-refractivity contribution >= 4 is 23.5 Å². The third-order valence-corrected chi connectivity index (χ3v) is 5.19. The first-order valence-corrected chi connectivity index (χ1v) is 9.51. The number of amides is 1. The van der Waals surface area contributed by atoms with Gasteiger partial charge in [-0.2, -0.15) is 5.10 Å². The highest BCUT2D eigenvalue weighted by molar-refractivity contribution is 6.30. The second-order valence-electron chi connectivity index (χ2n) is 7.08. The molecule has 1 aromatic heterocycles. The molecule has 2 aromatic rings. The molecule has 1 saturated heterocycles. The molecule has 2 heterocycles. The van der Waals surface area contributed by atoms with Crippen molar-refractivity contribution in [1.29, 1.82) is 0 Å². The predicted octanol–water partition coefficient (Wildman–Crippen LogP) is 3.67. The molecule has 6 nitrogen and oxygen atoms in total. The van der Waals surface area contributed by atoms with Crippen LogP contribution in [0.25, 0.3) is 5.69 Å². The summed E-state index contributed by atoms with van der Waals surface area (Å²) < 4.78 is 6.60. The van der Waals surface area contributed by atoms with E-state index in [4.69, 9.17) is 16.3 Å². The molecule has 27 heavy (non-hydrogen) atoms. The SMILES string of the molecule is COC(=O)C1CCN(C(=O)c2cnn(-c3cccc(Cl)c3)c2C(C)C)CC1. The van der Waals surface area contributed by atoms with E-state index in [0.29, 0.717) is 36.5 Å². The number of esters is 1. The van der Waals surface area contributed by atoms with Gasteiger partial charge in [0.1, 0.15) is 0 Å². The molecule has 0 atom stereocenters.